The fraction of sp³-hybridized carbons (Fsp3) is 0.0952. The van der Waals surface area contributed by atoms with Gasteiger partial charge in [-0.3, -0.25) is 4.79 Å². The lowest BCUT2D eigenvalue weighted by Crippen LogP contribution is -2.17. The van der Waals surface area contributed by atoms with Crippen LogP contribution in [0.15, 0.2) is 70.2 Å². The maximum absolute atomic E-state index is 12.0. The largest absolute Gasteiger partial charge is 0.462 e. The number of ether oxygens (including phenoxy) is 1. The number of esters is 1. The van der Waals surface area contributed by atoms with Crippen molar-refractivity contribution in [3.05, 3.63) is 82.6 Å². The highest BCUT2D eigenvalue weighted by molar-refractivity contribution is 6.30. The minimum atomic E-state index is -0.375. The molecule has 0 radical (unpaired) electrons. The van der Waals surface area contributed by atoms with Gasteiger partial charge in [-0.15, -0.1) is 0 Å². The first kappa shape index (κ1) is 19.4. The van der Waals surface area contributed by atoms with Crippen molar-refractivity contribution in [2.24, 2.45) is 5.10 Å². The third-order valence-corrected chi connectivity index (χ3v) is 3.99. The van der Waals surface area contributed by atoms with E-state index in [4.69, 9.17) is 20.8 Å². The van der Waals surface area contributed by atoms with E-state index in [0.29, 0.717) is 34.3 Å². The number of halogens is 1. The van der Waals surface area contributed by atoms with E-state index in [2.05, 4.69) is 10.5 Å². The molecule has 0 atom stereocenters. The highest BCUT2D eigenvalue weighted by atomic mass is 35.5. The minimum absolute atomic E-state index is 0.329. The molecule has 0 fully saturated rings. The van der Waals surface area contributed by atoms with E-state index in [9.17, 15) is 9.59 Å². The Kier molecular flexibility index (Phi) is 6.24. The smallest absolute Gasteiger partial charge is 0.338 e. The Morgan fingerprint density at radius 2 is 1.89 bits per heavy atom. The molecule has 28 heavy (non-hydrogen) atoms. The first-order valence-electron chi connectivity index (χ1n) is 8.53. The molecule has 0 spiro atoms. The molecule has 142 valence electrons. The van der Waals surface area contributed by atoms with Gasteiger partial charge in [0.15, 0.2) is 0 Å². The van der Waals surface area contributed by atoms with Crippen molar-refractivity contribution >= 4 is 29.7 Å². The average Bonchev–Trinajstić information content (AvgIpc) is 3.17. The first-order valence-corrected chi connectivity index (χ1v) is 8.91. The molecule has 0 unspecified atom stereocenters. The number of hydrazone groups is 1. The number of hydrogen-bond donors (Lipinski definition) is 1. The number of amides is 1. The summed E-state index contributed by atoms with van der Waals surface area (Å²) in [6, 6.07) is 17.0. The molecule has 7 heteroatoms. The second-order valence-electron chi connectivity index (χ2n) is 5.71. The lowest BCUT2D eigenvalue weighted by molar-refractivity contribution is 0.0526. The average molecular weight is 397 g/mol. The maximum Gasteiger partial charge on any atom is 0.338 e. The van der Waals surface area contributed by atoms with Crippen molar-refractivity contribution in [2.45, 2.75) is 6.92 Å². The van der Waals surface area contributed by atoms with Gasteiger partial charge in [0.2, 0.25) is 0 Å². The predicted octanol–water partition coefficient (Wildman–Crippen LogP) is 4.54. The van der Waals surface area contributed by atoms with Crippen molar-refractivity contribution in [1.29, 1.82) is 0 Å². The van der Waals surface area contributed by atoms with Gasteiger partial charge in [-0.05, 0) is 49.4 Å². The zero-order valence-corrected chi connectivity index (χ0v) is 15.8. The molecule has 3 aromatic rings. The Morgan fingerprint density at radius 1 is 1.11 bits per heavy atom. The summed E-state index contributed by atoms with van der Waals surface area (Å²) in [5, 5.41) is 4.36. The number of nitrogens with zero attached hydrogens (tertiary/aromatic N) is 1. The summed E-state index contributed by atoms with van der Waals surface area (Å²) < 4.78 is 10.6. The zero-order chi connectivity index (χ0) is 19.9. The number of hydrogen-bond acceptors (Lipinski definition) is 5. The lowest BCUT2D eigenvalue weighted by Gasteiger charge is -2.02. The summed E-state index contributed by atoms with van der Waals surface area (Å²) in [5.74, 6) is 0.339. The predicted molar refractivity (Wildman–Crippen MR) is 107 cm³/mol. The molecule has 0 aliphatic rings. The van der Waals surface area contributed by atoms with Gasteiger partial charge in [0.1, 0.15) is 11.5 Å². The van der Waals surface area contributed by atoms with Crippen LogP contribution in [-0.2, 0) is 4.74 Å². The Balaban J connectivity index is 1.63. The highest BCUT2D eigenvalue weighted by Gasteiger charge is 2.09. The Morgan fingerprint density at radius 3 is 2.61 bits per heavy atom. The SMILES string of the molecule is CCOC(=O)c1ccc(-c2ccc(/C=N\NC(=O)c3cccc(Cl)c3)o2)cc1. The fourth-order valence-electron chi connectivity index (χ4n) is 2.41. The number of rotatable bonds is 6. The van der Waals surface area contributed by atoms with Crippen LogP contribution < -0.4 is 5.43 Å². The van der Waals surface area contributed by atoms with Crippen LogP contribution in [0.3, 0.4) is 0 Å². The van der Waals surface area contributed by atoms with Gasteiger partial charge in [-0.2, -0.15) is 5.10 Å². The van der Waals surface area contributed by atoms with E-state index < -0.39 is 0 Å². The van der Waals surface area contributed by atoms with Crippen molar-refractivity contribution in [3.8, 4) is 11.3 Å². The summed E-state index contributed by atoms with van der Waals surface area (Å²) >= 11 is 5.86. The van der Waals surface area contributed by atoms with Crippen LogP contribution >= 0.6 is 11.6 Å². The third-order valence-electron chi connectivity index (χ3n) is 3.75. The number of carbonyl (C=O) groups is 2. The molecule has 0 aliphatic heterocycles. The van der Waals surface area contributed by atoms with Crippen LogP contribution in [0, 0.1) is 0 Å². The molecular formula is C21H17ClN2O4. The molecule has 1 amide bonds. The van der Waals surface area contributed by atoms with E-state index in [1.165, 1.54) is 6.21 Å². The molecule has 1 heterocycles. The normalized spacial score (nSPS) is 10.8. The van der Waals surface area contributed by atoms with Gasteiger partial charge in [0.25, 0.3) is 5.91 Å². The molecular weight excluding hydrogens is 380 g/mol. The summed E-state index contributed by atoms with van der Waals surface area (Å²) in [4.78, 5) is 23.7. The molecule has 0 aliphatic carbocycles. The van der Waals surface area contributed by atoms with Crippen LogP contribution in [0.5, 0.6) is 0 Å². The quantitative estimate of drug-likeness (QED) is 0.377. The van der Waals surface area contributed by atoms with Gasteiger partial charge in [0.05, 0.1) is 18.4 Å². The summed E-state index contributed by atoms with van der Waals surface area (Å²) in [7, 11) is 0. The van der Waals surface area contributed by atoms with Crippen molar-refractivity contribution in [2.75, 3.05) is 6.61 Å². The van der Waals surface area contributed by atoms with Crippen molar-refractivity contribution in [3.63, 3.8) is 0 Å². The summed E-state index contributed by atoms with van der Waals surface area (Å²) in [5.41, 5.74) is 4.10. The molecule has 3 rings (SSSR count). The van der Waals surface area contributed by atoms with E-state index in [-0.39, 0.29) is 11.9 Å². The monoisotopic (exact) mass is 396 g/mol. The minimum Gasteiger partial charge on any atom is -0.462 e. The second-order valence-corrected chi connectivity index (χ2v) is 6.15. The van der Waals surface area contributed by atoms with E-state index in [1.807, 2.05) is 0 Å². The van der Waals surface area contributed by atoms with Crippen LogP contribution in [0.25, 0.3) is 11.3 Å². The number of benzene rings is 2. The van der Waals surface area contributed by atoms with Crippen molar-refractivity contribution in [1.82, 2.24) is 5.43 Å². The number of furan rings is 1. The molecule has 2 aromatic carbocycles. The van der Waals surface area contributed by atoms with Gasteiger partial charge >= 0.3 is 5.97 Å². The van der Waals surface area contributed by atoms with Crippen LogP contribution in [0.1, 0.15) is 33.4 Å². The zero-order valence-electron chi connectivity index (χ0n) is 15.0. The van der Waals surface area contributed by atoms with Gasteiger partial charge in [-0.1, -0.05) is 29.8 Å². The Labute approximate surface area is 166 Å². The van der Waals surface area contributed by atoms with E-state index >= 15 is 0 Å². The van der Waals surface area contributed by atoms with Gasteiger partial charge in [0, 0.05) is 16.1 Å². The number of carbonyl (C=O) groups excluding carboxylic acids is 2. The van der Waals surface area contributed by atoms with Gasteiger partial charge < -0.3 is 9.15 Å². The summed E-state index contributed by atoms with van der Waals surface area (Å²) in [6.45, 7) is 2.09. The molecule has 0 bridgehead atoms. The standard InChI is InChI=1S/C21H17ClN2O4/c1-2-27-21(26)15-8-6-14(7-9-15)19-11-10-18(28-19)13-23-24-20(25)16-4-3-5-17(22)12-16/h3-13H,2H2,1H3,(H,24,25)/b23-13-. The third kappa shape index (κ3) is 4.86. The summed E-state index contributed by atoms with van der Waals surface area (Å²) in [6.07, 6.45) is 1.40. The van der Waals surface area contributed by atoms with Crippen LogP contribution in [-0.4, -0.2) is 24.7 Å². The van der Waals surface area contributed by atoms with Crippen LogP contribution in [0.2, 0.25) is 5.02 Å². The Bertz CT molecular complexity index is 1010. The van der Waals surface area contributed by atoms with E-state index in [0.717, 1.165) is 5.56 Å². The molecule has 1 N–H and O–H groups in total. The Hall–Kier alpha value is -3.38. The maximum atomic E-state index is 12.0. The topological polar surface area (TPSA) is 80.9 Å². The lowest BCUT2D eigenvalue weighted by atomic mass is 10.1. The van der Waals surface area contributed by atoms with Crippen molar-refractivity contribution < 1.29 is 18.7 Å². The highest BCUT2D eigenvalue weighted by Crippen LogP contribution is 2.22. The molecule has 6 nitrogen and oxygen atoms in total. The van der Waals surface area contributed by atoms with E-state index in [1.54, 1.807) is 67.6 Å². The van der Waals surface area contributed by atoms with Crippen LogP contribution in [0.4, 0.5) is 0 Å². The molecule has 0 saturated heterocycles. The first-order chi connectivity index (χ1) is 13.6. The molecule has 0 saturated carbocycles. The molecule has 1 aromatic heterocycles. The fourth-order valence-corrected chi connectivity index (χ4v) is 2.60. The van der Waals surface area contributed by atoms with Gasteiger partial charge in [-0.25, -0.2) is 10.2 Å². The second kappa shape index (κ2) is 9.01. The number of nitrogens with one attached hydrogen (secondary N) is 1.